The second-order valence-corrected chi connectivity index (χ2v) is 12.5. The van der Waals surface area contributed by atoms with Crippen LogP contribution in [0.25, 0.3) is 0 Å². The van der Waals surface area contributed by atoms with Gasteiger partial charge in [-0.15, -0.1) is 0 Å². The molecule has 8 aliphatic rings. The zero-order valence-corrected chi connectivity index (χ0v) is 18.2. The van der Waals surface area contributed by atoms with Gasteiger partial charge in [-0.3, -0.25) is 9.59 Å². The Morgan fingerprint density at radius 1 is 0.633 bits per heavy atom. The van der Waals surface area contributed by atoms with E-state index in [1.54, 1.807) is 0 Å². The molecule has 0 unspecified atom stereocenters. The smallest absolute Gasteiger partial charge is 0.226 e. The SMILES string of the molecule is O=C(NCC(O)CNC(=O)C12CC3CC(CC(C3)C1)C2)C12CC3CC(CC(C3)C1)C2. The minimum Gasteiger partial charge on any atom is -0.389 e. The number of carbonyl (C=O) groups excluding carboxylic acids is 2. The number of hydrogen-bond donors (Lipinski definition) is 3. The van der Waals surface area contributed by atoms with E-state index in [0.717, 1.165) is 74.0 Å². The normalized spacial score (nSPS) is 48.6. The number of rotatable bonds is 6. The maximum Gasteiger partial charge on any atom is 0.226 e. The standard InChI is InChI=1S/C25H38N2O3/c28-21(13-26-22(29)24-7-15-1-16(8-24)3-17(2-15)9-24)14-27-23(30)25-10-18-4-19(11-25)6-20(5-18)12-25/h15-21,28H,1-14H2,(H,26,29)(H,27,30). The molecule has 0 atom stereocenters. The molecule has 0 aromatic heterocycles. The lowest BCUT2D eigenvalue weighted by Crippen LogP contribution is -2.56. The van der Waals surface area contributed by atoms with Crippen LogP contribution in [0.5, 0.6) is 0 Å². The van der Waals surface area contributed by atoms with Crippen molar-refractivity contribution in [1.29, 1.82) is 0 Å². The van der Waals surface area contributed by atoms with E-state index in [9.17, 15) is 14.7 Å². The summed E-state index contributed by atoms with van der Waals surface area (Å²) in [6.07, 6.45) is 13.5. The fraction of sp³-hybridized carbons (Fsp3) is 0.920. The van der Waals surface area contributed by atoms with Crippen LogP contribution in [0.1, 0.15) is 77.0 Å². The van der Waals surface area contributed by atoms with E-state index in [2.05, 4.69) is 10.6 Å². The zero-order chi connectivity index (χ0) is 20.5. The molecule has 0 aromatic carbocycles. The van der Waals surface area contributed by atoms with Crippen LogP contribution in [0.15, 0.2) is 0 Å². The van der Waals surface area contributed by atoms with Crippen molar-refractivity contribution in [2.45, 2.75) is 83.2 Å². The summed E-state index contributed by atoms with van der Waals surface area (Å²) >= 11 is 0. The first-order chi connectivity index (χ1) is 14.4. The van der Waals surface area contributed by atoms with Crippen molar-refractivity contribution in [3.63, 3.8) is 0 Å². The van der Waals surface area contributed by atoms with Crippen molar-refractivity contribution in [1.82, 2.24) is 10.6 Å². The Bertz CT molecular complexity index is 601. The largest absolute Gasteiger partial charge is 0.389 e. The van der Waals surface area contributed by atoms with E-state index < -0.39 is 6.10 Å². The number of hydrogen-bond acceptors (Lipinski definition) is 3. The number of amides is 2. The van der Waals surface area contributed by atoms with E-state index >= 15 is 0 Å². The molecule has 0 radical (unpaired) electrons. The number of aliphatic hydroxyl groups is 1. The predicted octanol–water partition coefficient (Wildman–Crippen LogP) is 3.01. The Kier molecular flexibility index (Phi) is 4.53. The van der Waals surface area contributed by atoms with Gasteiger partial charge in [0.25, 0.3) is 0 Å². The highest BCUT2D eigenvalue weighted by Crippen LogP contribution is 2.61. The van der Waals surface area contributed by atoms with Gasteiger partial charge >= 0.3 is 0 Å². The molecule has 8 saturated carbocycles. The van der Waals surface area contributed by atoms with Crippen molar-refractivity contribution in [2.75, 3.05) is 13.1 Å². The molecule has 0 spiro atoms. The molecular formula is C25H38N2O3. The van der Waals surface area contributed by atoms with Gasteiger partial charge in [-0.05, 0) is 113 Å². The Labute approximate surface area is 180 Å². The summed E-state index contributed by atoms with van der Waals surface area (Å²) in [5, 5.41) is 16.6. The molecular weight excluding hydrogens is 376 g/mol. The molecule has 0 aliphatic heterocycles. The van der Waals surface area contributed by atoms with Crippen LogP contribution < -0.4 is 10.6 Å². The van der Waals surface area contributed by atoms with Crippen LogP contribution in [0.4, 0.5) is 0 Å². The van der Waals surface area contributed by atoms with E-state index in [1.807, 2.05) is 0 Å². The number of nitrogens with one attached hydrogen (secondary N) is 2. The van der Waals surface area contributed by atoms with Crippen molar-refractivity contribution in [2.24, 2.45) is 46.3 Å². The molecule has 5 heteroatoms. The van der Waals surface area contributed by atoms with Crippen LogP contribution in [-0.4, -0.2) is 36.1 Å². The van der Waals surface area contributed by atoms with Crippen LogP contribution >= 0.6 is 0 Å². The maximum atomic E-state index is 13.1. The summed E-state index contributed by atoms with van der Waals surface area (Å²) in [6.45, 7) is 0.503. The van der Waals surface area contributed by atoms with Gasteiger partial charge in [-0.25, -0.2) is 0 Å². The molecule has 0 aromatic rings. The average molecular weight is 415 g/mol. The molecule has 166 valence electrons. The van der Waals surface area contributed by atoms with Crippen molar-refractivity contribution < 1.29 is 14.7 Å². The quantitative estimate of drug-likeness (QED) is 0.625. The van der Waals surface area contributed by atoms with Gasteiger partial charge in [0.1, 0.15) is 0 Å². The van der Waals surface area contributed by atoms with Crippen molar-refractivity contribution in [3.8, 4) is 0 Å². The third-order valence-corrected chi connectivity index (χ3v) is 10.0. The number of aliphatic hydroxyl groups excluding tert-OH is 1. The fourth-order valence-electron chi connectivity index (χ4n) is 9.65. The van der Waals surface area contributed by atoms with Crippen molar-refractivity contribution in [3.05, 3.63) is 0 Å². The van der Waals surface area contributed by atoms with Gasteiger partial charge in [0.2, 0.25) is 11.8 Å². The van der Waals surface area contributed by atoms with Crippen LogP contribution in [-0.2, 0) is 9.59 Å². The second-order valence-electron chi connectivity index (χ2n) is 12.5. The Morgan fingerprint density at radius 2 is 0.900 bits per heavy atom. The lowest BCUT2D eigenvalue weighted by molar-refractivity contribution is -0.147. The molecule has 8 bridgehead atoms. The first kappa shape index (κ1) is 19.6. The average Bonchev–Trinajstić information content (AvgIpc) is 2.68. The summed E-state index contributed by atoms with van der Waals surface area (Å²) in [7, 11) is 0. The van der Waals surface area contributed by atoms with Crippen molar-refractivity contribution >= 4 is 11.8 Å². The van der Waals surface area contributed by atoms with Crippen LogP contribution in [0.3, 0.4) is 0 Å². The minimum atomic E-state index is -0.708. The van der Waals surface area contributed by atoms with Gasteiger partial charge in [0, 0.05) is 23.9 Å². The van der Waals surface area contributed by atoms with Gasteiger partial charge in [-0.1, -0.05) is 0 Å². The summed E-state index contributed by atoms with van der Waals surface area (Å²) in [6, 6.07) is 0. The van der Waals surface area contributed by atoms with E-state index in [1.165, 1.54) is 38.5 Å². The lowest BCUT2D eigenvalue weighted by Gasteiger charge is -2.55. The molecule has 0 heterocycles. The summed E-state index contributed by atoms with van der Waals surface area (Å²) < 4.78 is 0. The fourth-order valence-corrected chi connectivity index (χ4v) is 9.65. The third kappa shape index (κ3) is 3.22. The van der Waals surface area contributed by atoms with Gasteiger partial charge in [-0.2, -0.15) is 0 Å². The topological polar surface area (TPSA) is 78.4 Å². The molecule has 8 aliphatic carbocycles. The van der Waals surface area contributed by atoms with Crippen LogP contribution in [0.2, 0.25) is 0 Å². The van der Waals surface area contributed by atoms with Gasteiger partial charge < -0.3 is 15.7 Å². The first-order valence-electron chi connectivity index (χ1n) is 12.7. The minimum absolute atomic E-state index is 0.160. The van der Waals surface area contributed by atoms with E-state index in [0.29, 0.717) is 0 Å². The molecule has 8 rings (SSSR count). The monoisotopic (exact) mass is 414 g/mol. The third-order valence-electron chi connectivity index (χ3n) is 10.0. The molecule has 2 amide bonds. The molecule has 8 fully saturated rings. The second kappa shape index (κ2) is 6.95. The lowest BCUT2D eigenvalue weighted by atomic mass is 9.49. The van der Waals surface area contributed by atoms with Crippen LogP contribution in [0, 0.1) is 46.3 Å². The van der Waals surface area contributed by atoms with Gasteiger partial charge in [0.05, 0.1) is 6.10 Å². The highest BCUT2D eigenvalue weighted by molar-refractivity contribution is 5.84. The maximum absolute atomic E-state index is 13.1. The summed E-state index contributed by atoms with van der Waals surface area (Å²) in [4.78, 5) is 26.1. The summed E-state index contributed by atoms with van der Waals surface area (Å²) in [5.41, 5.74) is -0.339. The van der Waals surface area contributed by atoms with E-state index in [-0.39, 0.29) is 35.7 Å². The zero-order valence-electron chi connectivity index (χ0n) is 18.2. The molecule has 5 nitrogen and oxygen atoms in total. The van der Waals surface area contributed by atoms with E-state index in [4.69, 9.17) is 0 Å². The van der Waals surface area contributed by atoms with Gasteiger partial charge in [0.15, 0.2) is 0 Å². The number of carbonyl (C=O) groups is 2. The summed E-state index contributed by atoms with van der Waals surface area (Å²) in [5.74, 6) is 4.77. The Hall–Kier alpha value is -1.10. The highest BCUT2D eigenvalue weighted by Gasteiger charge is 2.55. The Balaban J connectivity index is 1.00. The molecule has 3 N–H and O–H groups in total. The molecule has 30 heavy (non-hydrogen) atoms. The molecule has 0 saturated heterocycles. The first-order valence-corrected chi connectivity index (χ1v) is 12.7. The Morgan fingerprint density at radius 3 is 1.17 bits per heavy atom. The highest BCUT2D eigenvalue weighted by atomic mass is 16.3. The predicted molar refractivity (Wildman–Crippen MR) is 113 cm³/mol.